The van der Waals surface area contributed by atoms with E-state index >= 15 is 0 Å². The summed E-state index contributed by atoms with van der Waals surface area (Å²) < 4.78 is 2.02. The number of aromatic nitrogens is 3. The van der Waals surface area contributed by atoms with E-state index in [1.807, 2.05) is 28.5 Å². The first-order valence-corrected chi connectivity index (χ1v) is 9.46. The molecule has 1 amide bonds. The molecule has 1 aromatic carbocycles. The van der Waals surface area contributed by atoms with Crippen LogP contribution in [0.4, 0.5) is 0 Å². The summed E-state index contributed by atoms with van der Waals surface area (Å²) >= 11 is 1.47. The van der Waals surface area contributed by atoms with Crippen LogP contribution in [0.3, 0.4) is 0 Å². The van der Waals surface area contributed by atoms with Gasteiger partial charge in [0.2, 0.25) is 5.91 Å². The second-order valence-electron chi connectivity index (χ2n) is 6.42. The zero-order valence-electron chi connectivity index (χ0n) is 14.5. The lowest BCUT2D eigenvalue weighted by Gasteiger charge is -2.33. The highest BCUT2D eigenvalue weighted by Crippen LogP contribution is 2.24. The van der Waals surface area contributed by atoms with Crippen molar-refractivity contribution in [3.63, 3.8) is 0 Å². The summed E-state index contributed by atoms with van der Waals surface area (Å²) in [6.07, 6.45) is 3.44. The lowest BCUT2D eigenvalue weighted by molar-refractivity contribution is -0.131. The van der Waals surface area contributed by atoms with Gasteiger partial charge in [0.05, 0.1) is 5.75 Å². The molecule has 1 aliphatic rings. The molecule has 2 heterocycles. The van der Waals surface area contributed by atoms with Crippen molar-refractivity contribution in [2.45, 2.75) is 51.2 Å². The highest BCUT2D eigenvalue weighted by molar-refractivity contribution is 7.99. The van der Waals surface area contributed by atoms with Crippen molar-refractivity contribution >= 4 is 17.7 Å². The molecule has 0 aliphatic carbocycles. The highest BCUT2D eigenvalue weighted by Gasteiger charge is 2.24. The minimum absolute atomic E-state index is 0.198. The molecule has 0 bridgehead atoms. The van der Waals surface area contributed by atoms with Crippen molar-refractivity contribution in [2.24, 2.45) is 0 Å². The van der Waals surface area contributed by atoms with Crippen LogP contribution in [0.15, 0.2) is 29.4 Å². The largest absolute Gasteiger partial charge is 0.339 e. The van der Waals surface area contributed by atoms with Crippen LogP contribution in [-0.4, -0.2) is 43.9 Å². The second-order valence-corrected chi connectivity index (χ2v) is 7.37. The van der Waals surface area contributed by atoms with E-state index in [1.165, 1.54) is 23.7 Å². The Kier molecular flexibility index (Phi) is 5.23. The van der Waals surface area contributed by atoms with Crippen LogP contribution >= 0.6 is 11.8 Å². The van der Waals surface area contributed by atoms with Gasteiger partial charge in [-0.3, -0.25) is 9.36 Å². The molecule has 128 valence electrons. The van der Waals surface area contributed by atoms with Gasteiger partial charge in [0.25, 0.3) is 0 Å². The number of piperidine rings is 1. The van der Waals surface area contributed by atoms with Crippen molar-refractivity contribution in [1.82, 2.24) is 19.7 Å². The Balaban J connectivity index is 1.73. The molecule has 0 N–H and O–H groups in total. The molecule has 6 heteroatoms. The van der Waals surface area contributed by atoms with E-state index in [0.717, 1.165) is 36.1 Å². The van der Waals surface area contributed by atoms with E-state index in [2.05, 4.69) is 36.2 Å². The molecule has 1 aromatic heterocycles. The lowest BCUT2D eigenvalue weighted by atomic mass is 10.0. The van der Waals surface area contributed by atoms with E-state index in [-0.39, 0.29) is 5.91 Å². The molecular formula is C18H24N4OS. The Morgan fingerprint density at radius 1 is 1.29 bits per heavy atom. The number of likely N-dealkylation sites (tertiary alicyclic amines) is 1. The molecule has 0 spiro atoms. The van der Waals surface area contributed by atoms with Gasteiger partial charge >= 0.3 is 0 Å². The third-order valence-electron chi connectivity index (χ3n) is 4.50. The topological polar surface area (TPSA) is 51.0 Å². The molecule has 2 aromatic rings. The normalized spacial score (nSPS) is 18.0. The molecular weight excluding hydrogens is 320 g/mol. The number of carbonyl (C=O) groups is 1. The number of hydrogen-bond acceptors (Lipinski definition) is 4. The van der Waals surface area contributed by atoms with Crippen molar-refractivity contribution < 1.29 is 4.79 Å². The number of amides is 1. The van der Waals surface area contributed by atoms with Gasteiger partial charge in [-0.1, -0.05) is 23.9 Å². The fourth-order valence-corrected chi connectivity index (χ4v) is 4.06. The van der Waals surface area contributed by atoms with E-state index < -0.39 is 0 Å². The smallest absolute Gasteiger partial charge is 0.233 e. The quantitative estimate of drug-likeness (QED) is 0.798. The fourth-order valence-electron chi connectivity index (χ4n) is 3.18. The zero-order valence-corrected chi connectivity index (χ0v) is 15.3. The van der Waals surface area contributed by atoms with Gasteiger partial charge in [0.1, 0.15) is 5.82 Å². The van der Waals surface area contributed by atoms with Crippen LogP contribution in [0.2, 0.25) is 0 Å². The summed E-state index contributed by atoms with van der Waals surface area (Å²) in [5.74, 6) is 1.44. The number of benzene rings is 1. The number of carbonyl (C=O) groups excluding carboxylic acids is 1. The molecule has 1 saturated heterocycles. The number of thioether (sulfide) groups is 1. The van der Waals surface area contributed by atoms with Gasteiger partial charge in [-0.15, -0.1) is 10.2 Å². The third-order valence-corrected chi connectivity index (χ3v) is 5.42. The Bertz CT molecular complexity index is 728. The SMILES string of the molecule is Cc1cccc(-n2c(C)nnc2SCC(=O)N2CCCCC2C)c1. The average Bonchev–Trinajstić information content (AvgIpc) is 2.94. The standard InChI is InChI=1S/C18H24N4OS/c1-13-7-6-9-16(11-13)22-15(3)19-20-18(22)24-12-17(23)21-10-5-4-8-14(21)2/h6-7,9,11,14H,4-5,8,10,12H2,1-3H3. The minimum atomic E-state index is 0.198. The Labute approximate surface area is 147 Å². The first-order chi connectivity index (χ1) is 11.6. The van der Waals surface area contributed by atoms with Crippen LogP contribution in [0.1, 0.15) is 37.6 Å². The van der Waals surface area contributed by atoms with E-state index in [9.17, 15) is 4.79 Å². The Morgan fingerprint density at radius 3 is 2.88 bits per heavy atom. The van der Waals surface area contributed by atoms with Gasteiger partial charge in [-0.25, -0.2) is 0 Å². The lowest BCUT2D eigenvalue weighted by Crippen LogP contribution is -2.42. The first kappa shape index (κ1) is 17.0. The third kappa shape index (κ3) is 3.64. The van der Waals surface area contributed by atoms with Crippen molar-refractivity contribution in [3.8, 4) is 5.69 Å². The maximum Gasteiger partial charge on any atom is 0.233 e. The number of hydrogen-bond donors (Lipinski definition) is 0. The Morgan fingerprint density at radius 2 is 2.12 bits per heavy atom. The average molecular weight is 344 g/mol. The van der Waals surface area contributed by atoms with E-state index in [1.54, 1.807) is 0 Å². The second kappa shape index (κ2) is 7.38. The molecule has 1 aliphatic heterocycles. The maximum absolute atomic E-state index is 12.5. The number of nitrogens with zero attached hydrogens (tertiary/aromatic N) is 4. The molecule has 1 unspecified atom stereocenters. The highest BCUT2D eigenvalue weighted by atomic mass is 32.2. The van der Waals surface area contributed by atoms with E-state index in [0.29, 0.717) is 11.8 Å². The summed E-state index contributed by atoms with van der Waals surface area (Å²) in [5.41, 5.74) is 2.23. The monoisotopic (exact) mass is 344 g/mol. The van der Waals surface area contributed by atoms with Crippen LogP contribution in [0, 0.1) is 13.8 Å². The number of aryl methyl sites for hydroxylation is 2. The maximum atomic E-state index is 12.5. The van der Waals surface area contributed by atoms with Gasteiger partial charge in [0.15, 0.2) is 5.16 Å². The summed E-state index contributed by atoms with van der Waals surface area (Å²) in [4.78, 5) is 14.5. The van der Waals surface area contributed by atoms with Crippen LogP contribution in [-0.2, 0) is 4.79 Å². The molecule has 1 fully saturated rings. The predicted molar refractivity (Wildman–Crippen MR) is 96.6 cm³/mol. The molecule has 3 rings (SSSR count). The number of rotatable bonds is 4. The van der Waals surface area contributed by atoms with Gasteiger partial charge in [-0.2, -0.15) is 0 Å². The van der Waals surface area contributed by atoms with Crippen LogP contribution in [0.5, 0.6) is 0 Å². The van der Waals surface area contributed by atoms with Gasteiger partial charge in [-0.05, 0) is 57.7 Å². The predicted octanol–water partition coefficient (Wildman–Crippen LogP) is 3.38. The van der Waals surface area contributed by atoms with Crippen molar-refractivity contribution in [2.75, 3.05) is 12.3 Å². The molecule has 0 radical (unpaired) electrons. The molecule has 1 atom stereocenters. The summed E-state index contributed by atoms with van der Waals surface area (Å²) in [6.45, 7) is 7.02. The minimum Gasteiger partial charge on any atom is -0.339 e. The van der Waals surface area contributed by atoms with Gasteiger partial charge in [0, 0.05) is 18.3 Å². The van der Waals surface area contributed by atoms with Crippen molar-refractivity contribution in [1.29, 1.82) is 0 Å². The Hall–Kier alpha value is -1.82. The zero-order chi connectivity index (χ0) is 17.1. The molecule has 0 saturated carbocycles. The van der Waals surface area contributed by atoms with Crippen molar-refractivity contribution in [3.05, 3.63) is 35.7 Å². The summed E-state index contributed by atoms with van der Waals surface area (Å²) in [7, 11) is 0. The van der Waals surface area contributed by atoms with Gasteiger partial charge < -0.3 is 4.90 Å². The molecule has 24 heavy (non-hydrogen) atoms. The first-order valence-electron chi connectivity index (χ1n) is 8.47. The van der Waals surface area contributed by atoms with Crippen LogP contribution in [0.25, 0.3) is 5.69 Å². The summed E-state index contributed by atoms with van der Waals surface area (Å²) in [5, 5.41) is 9.23. The molecule has 5 nitrogen and oxygen atoms in total. The fraction of sp³-hybridized carbons (Fsp3) is 0.500. The summed E-state index contributed by atoms with van der Waals surface area (Å²) in [6, 6.07) is 8.59. The van der Waals surface area contributed by atoms with E-state index in [4.69, 9.17) is 0 Å². The van der Waals surface area contributed by atoms with Crippen LogP contribution < -0.4 is 0 Å².